The van der Waals surface area contributed by atoms with Crippen LogP contribution in [-0.2, 0) is 10.2 Å². The Morgan fingerprint density at radius 2 is 1.73 bits per heavy atom. The first kappa shape index (κ1) is 12.6. The average molecular weight is 223 g/mol. The van der Waals surface area contributed by atoms with E-state index in [-0.39, 0.29) is 10.2 Å². The fourth-order valence-electron chi connectivity index (χ4n) is 1.33. The lowest BCUT2D eigenvalue weighted by atomic mass is 9.86. The van der Waals surface area contributed by atoms with Gasteiger partial charge in [0, 0.05) is 6.20 Å². The van der Waals surface area contributed by atoms with E-state index >= 15 is 0 Å². The molecule has 0 spiro atoms. The lowest BCUT2D eigenvalue weighted by molar-refractivity contribution is 0.585. The zero-order valence-electron chi connectivity index (χ0n) is 10.6. The lowest BCUT2D eigenvalue weighted by Gasteiger charge is -2.25. The zero-order valence-corrected chi connectivity index (χ0v) is 11.4. The molecule has 0 saturated carbocycles. The summed E-state index contributed by atoms with van der Waals surface area (Å²) in [7, 11) is 0. The van der Waals surface area contributed by atoms with Gasteiger partial charge in [-0.2, -0.15) is 11.8 Å². The van der Waals surface area contributed by atoms with Gasteiger partial charge >= 0.3 is 0 Å². The van der Waals surface area contributed by atoms with Crippen molar-refractivity contribution in [3.63, 3.8) is 0 Å². The van der Waals surface area contributed by atoms with Crippen LogP contribution in [0.3, 0.4) is 0 Å². The first-order valence-corrected chi connectivity index (χ1v) is 6.52. The van der Waals surface area contributed by atoms with E-state index in [1.54, 1.807) is 0 Å². The largest absolute Gasteiger partial charge is 0.260 e. The van der Waals surface area contributed by atoms with Crippen molar-refractivity contribution in [2.75, 3.05) is 6.26 Å². The van der Waals surface area contributed by atoms with Crippen LogP contribution in [0, 0.1) is 0 Å². The van der Waals surface area contributed by atoms with Crippen LogP contribution in [0.1, 0.15) is 45.9 Å². The Labute approximate surface area is 97.7 Å². The van der Waals surface area contributed by atoms with Gasteiger partial charge in [-0.3, -0.25) is 4.98 Å². The summed E-state index contributed by atoms with van der Waals surface area (Å²) in [4.78, 5) is 4.47. The Morgan fingerprint density at radius 1 is 1.13 bits per heavy atom. The number of pyridine rings is 1. The Hall–Kier alpha value is -0.500. The molecule has 0 unspecified atom stereocenters. The molecule has 0 atom stereocenters. The van der Waals surface area contributed by atoms with E-state index in [1.165, 1.54) is 11.3 Å². The molecule has 0 aliphatic rings. The summed E-state index contributed by atoms with van der Waals surface area (Å²) >= 11 is 1.84. The minimum Gasteiger partial charge on any atom is -0.260 e. The molecule has 0 saturated heterocycles. The highest BCUT2D eigenvalue weighted by molar-refractivity contribution is 7.99. The van der Waals surface area contributed by atoms with Crippen LogP contribution in [0.2, 0.25) is 0 Å². The van der Waals surface area contributed by atoms with E-state index in [0.717, 1.165) is 0 Å². The van der Waals surface area contributed by atoms with Gasteiger partial charge in [0.2, 0.25) is 0 Å². The van der Waals surface area contributed by atoms with Crippen LogP contribution >= 0.6 is 11.8 Å². The SMILES string of the molecule is CSC(C)(C)c1cc(C(C)(C)C)ccn1. The molecule has 1 heterocycles. The average Bonchev–Trinajstić information content (AvgIpc) is 2.17. The molecule has 0 bridgehead atoms. The topological polar surface area (TPSA) is 12.9 Å². The third-order valence-corrected chi connectivity index (χ3v) is 3.98. The maximum atomic E-state index is 4.47. The lowest BCUT2D eigenvalue weighted by Crippen LogP contribution is -2.17. The number of thioether (sulfide) groups is 1. The quantitative estimate of drug-likeness (QED) is 0.752. The Kier molecular flexibility index (Phi) is 3.49. The minimum absolute atomic E-state index is 0.0985. The van der Waals surface area contributed by atoms with Crippen LogP contribution in [0.5, 0.6) is 0 Å². The van der Waals surface area contributed by atoms with E-state index in [0.29, 0.717) is 0 Å². The maximum absolute atomic E-state index is 4.47. The highest BCUT2D eigenvalue weighted by atomic mass is 32.2. The van der Waals surface area contributed by atoms with Crippen molar-refractivity contribution in [1.82, 2.24) is 4.98 Å². The van der Waals surface area contributed by atoms with E-state index in [4.69, 9.17) is 0 Å². The van der Waals surface area contributed by atoms with Gasteiger partial charge in [-0.05, 0) is 43.2 Å². The van der Waals surface area contributed by atoms with Crippen molar-refractivity contribution < 1.29 is 0 Å². The summed E-state index contributed by atoms with van der Waals surface area (Å²) in [6, 6.07) is 4.34. The van der Waals surface area contributed by atoms with Gasteiger partial charge in [-0.1, -0.05) is 20.8 Å². The highest BCUT2D eigenvalue weighted by Crippen LogP contribution is 2.34. The Bertz CT molecular complexity index is 337. The third kappa shape index (κ3) is 2.97. The van der Waals surface area contributed by atoms with Crippen molar-refractivity contribution >= 4 is 11.8 Å². The molecule has 0 N–H and O–H groups in total. The molecule has 0 aromatic carbocycles. The van der Waals surface area contributed by atoms with Crippen LogP contribution in [0.4, 0.5) is 0 Å². The first-order valence-electron chi connectivity index (χ1n) is 5.29. The number of nitrogens with zero attached hydrogens (tertiary/aromatic N) is 1. The van der Waals surface area contributed by atoms with E-state index in [1.807, 2.05) is 18.0 Å². The molecule has 0 radical (unpaired) electrons. The fraction of sp³-hybridized carbons (Fsp3) is 0.615. The van der Waals surface area contributed by atoms with Gasteiger partial charge in [0.25, 0.3) is 0 Å². The standard InChI is InChI=1S/C13H21NS/c1-12(2,3)10-7-8-14-11(9-10)13(4,5)15-6/h7-9H,1-6H3. The molecule has 1 aromatic rings. The first-order chi connectivity index (χ1) is 6.77. The third-order valence-electron chi connectivity index (χ3n) is 2.75. The van der Waals surface area contributed by atoms with Crippen molar-refractivity contribution in [1.29, 1.82) is 0 Å². The predicted molar refractivity (Wildman–Crippen MR) is 69.5 cm³/mol. The van der Waals surface area contributed by atoms with Crippen molar-refractivity contribution in [2.45, 2.75) is 44.8 Å². The molecule has 0 amide bonds. The van der Waals surface area contributed by atoms with Crippen molar-refractivity contribution in [3.8, 4) is 0 Å². The fourth-order valence-corrected chi connectivity index (χ4v) is 1.65. The van der Waals surface area contributed by atoms with Gasteiger partial charge in [0.1, 0.15) is 0 Å². The predicted octanol–water partition coefficient (Wildman–Crippen LogP) is 3.98. The summed E-state index contributed by atoms with van der Waals surface area (Å²) < 4.78 is 0.0985. The molecule has 0 aliphatic carbocycles. The molecule has 1 nitrogen and oxygen atoms in total. The molecule has 1 rings (SSSR count). The number of rotatable bonds is 2. The molecular formula is C13H21NS. The normalized spacial score (nSPS) is 12.9. The molecular weight excluding hydrogens is 202 g/mol. The van der Waals surface area contributed by atoms with Crippen molar-refractivity contribution in [3.05, 3.63) is 29.6 Å². The number of hydrogen-bond donors (Lipinski definition) is 0. The zero-order chi connectivity index (χ0) is 11.7. The monoisotopic (exact) mass is 223 g/mol. The second-order valence-electron chi connectivity index (χ2n) is 5.39. The highest BCUT2D eigenvalue weighted by Gasteiger charge is 2.23. The minimum atomic E-state index is 0.0985. The summed E-state index contributed by atoms with van der Waals surface area (Å²) in [5.74, 6) is 0. The molecule has 84 valence electrons. The van der Waals surface area contributed by atoms with E-state index in [2.05, 4.69) is 58.0 Å². The van der Waals surface area contributed by atoms with Gasteiger partial charge in [-0.15, -0.1) is 0 Å². The van der Waals surface area contributed by atoms with Gasteiger partial charge in [0.15, 0.2) is 0 Å². The van der Waals surface area contributed by atoms with Crippen LogP contribution in [0.15, 0.2) is 18.3 Å². The van der Waals surface area contributed by atoms with E-state index in [9.17, 15) is 0 Å². The molecule has 15 heavy (non-hydrogen) atoms. The number of hydrogen-bond acceptors (Lipinski definition) is 2. The number of aromatic nitrogens is 1. The molecule has 0 aliphatic heterocycles. The van der Waals surface area contributed by atoms with Crippen LogP contribution in [0.25, 0.3) is 0 Å². The Balaban J connectivity index is 3.14. The van der Waals surface area contributed by atoms with Gasteiger partial charge in [0.05, 0.1) is 10.4 Å². The summed E-state index contributed by atoms with van der Waals surface area (Å²) in [6.45, 7) is 11.1. The second kappa shape index (κ2) is 4.17. The smallest absolute Gasteiger partial charge is 0.0561 e. The molecule has 0 fully saturated rings. The van der Waals surface area contributed by atoms with Crippen LogP contribution in [-0.4, -0.2) is 11.2 Å². The Morgan fingerprint density at radius 3 is 2.20 bits per heavy atom. The van der Waals surface area contributed by atoms with Crippen molar-refractivity contribution in [2.24, 2.45) is 0 Å². The maximum Gasteiger partial charge on any atom is 0.0561 e. The molecule has 2 heteroatoms. The molecule has 1 aromatic heterocycles. The van der Waals surface area contributed by atoms with Gasteiger partial charge in [-0.25, -0.2) is 0 Å². The van der Waals surface area contributed by atoms with Crippen LogP contribution < -0.4 is 0 Å². The summed E-state index contributed by atoms with van der Waals surface area (Å²) in [5, 5.41) is 0. The second-order valence-corrected chi connectivity index (χ2v) is 6.82. The van der Waals surface area contributed by atoms with Gasteiger partial charge < -0.3 is 0 Å². The summed E-state index contributed by atoms with van der Waals surface area (Å²) in [5.41, 5.74) is 2.73. The van der Waals surface area contributed by atoms with E-state index < -0.39 is 0 Å². The summed E-state index contributed by atoms with van der Waals surface area (Å²) in [6.07, 6.45) is 4.05.